The predicted molar refractivity (Wildman–Crippen MR) is 73.9 cm³/mol. The third-order valence-corrected chi connectivity index (χ3v) is 2.50. The zero-order valence-electron chi connectivity index (χ0n) is 12.6. The van der Waals surface area contributed by atoms with E-state index >= 15 is 0 Å². The van der Waals surface area contributed by atoms with Gasteiger partial charge in [0.2, 0.25) is 0 Å². The van der Waals surface area contributed by atoms with Crippen molar-refractivity contribution in [1.82, 2.24) is 0 Å². The highest BCUT2D eigenvalue weighted by Gasteiger charge is 2.41. The molecule has 0 unspecified atom stereocenters. The number of benzene rings is 1. The molecule has 0 aromatic heterocycles. The maximum atomic E-state index is 12.7. The van der Waals surface area contributed by atoms with Crippen LogP contribution in [0.3, 0.4) is 0 Å². The highest BCUT2D eigenvalue weighted by atomic mass is 19.4. The number of amides is 1. The Morgan fingerprint density at radius 1 is 1.27 bits per heavy atom. The summed E-state index contributed by atoms with van der Waals surface area (Å²) in [6, 6.07) is 3.46. The van der Waals surface area contributed by atoms with Crippen molar-refractivity contribution in [1.29, 1.82) is 0 Å². The van der Waals surface area contributed by atoms with Crippen molar-refractivity contribution in [3.8, 4) is 5.75 Å². The van der Waals surface area contributed by atoms with Gasteiger partial charge in [0.25, 0.3) is 0 Å². The zero-order valence-corrected chi connectivity index (χ0v) is 12.6. The van der Waals surface area contributed by atoms with Gasteiger partial charge in [-0.3, -0.25) is 5.32 Å². The van der Waals surface area contributed by atoms with Gasteiger partial charge in [0, 0.05) is 11.6 Å². The lowest BCUT2D eigenvalue weighted by molar-refractivity contribution is -0.206. The molecule has 124 valence electrons. The van der Waals surface area contributed by atoms with E-state index in [1.54, 1.807) is 20.8 Å². The van der Waals surface area contributed by atoms with Gasteiger partial charge in [0.1, 0.15) is 11.4 Å². The van der Waals surface area contributed by atoms with Crippen molar-refractivity contribution in [3.05, 3.63) is 23.8 Å². The number of hydrogen-bond acceptors (Lipinski definition) is 4. The fourth-order valence-corrected chi connectivity index (χ4v) is 1.60. The second kappa shape index (κ2) is 6.43. The van der Waals surface area contributed by atoms with Crippen molar-refractivity contribution in [2.24, 2.45) is 0 Å². The fraction of sp³-hybridized carbons (Fsp3) is 0.500. The number of hydrogen-bond donors (Lipinski definition) is 2. The molecule has 22 heavy (non-hydrogen) atoms. The quantitative estimate of drug-likeness (QED) is 0.892. The molecule has 0 aliphatic carbocycles. The van der Waals surface area contributed by atoms with E-state index in [0.29, 0.717) is 0 Å². The lowest BCUT2D eigenvalue weighted by Gasteiger charge is -2.22. The van der Waals surface area contributed by atoms with Crippen molar-refractivity contribution < 1.29 is 32.5 Å². The molecular weight excluding hydrogens is 303 g/mol. The van der Waals surface area contributed by atoms with E-state index in [0.717, 1.165) is 6.07 Å². The Bertz CT molecular complexity index is 538. The molecule has 0 fully saturated rings. The summed E-state index contributed by atoms with van der Waals surface area (Å²) in [5.74, 6) is 0.226. The summed E-state index contributed by atoms with van der Waals surface area (Å²) in [4.78, 5) is 11.7. The summed E-state index contributed by atoms with van der Waals surface area (Å²) in [5, 5.41) is 11.6. The number of rotatable bonds is 3. The van der Waals surface area contributed by atoms with Crippen LogP contribution < -0.4 is 10.1 Å². The van der Waals surface area contributed by atoms with Crippen LogP contribution in [0.15, 0.2) is 18.2 Å². The molecule has 0 bridgehead atoms. The van der Waals surface area contributed by atoms with Crippen molar-refractivity contribution in [2.45, 2.75) is 38.7 Å². The maximum absolute atomic E-state index is 12.7. The van der Waals surface area contributed by atoms with Crippen LogP contribution in [0.5, 0.6) is 5.75 Å². The Labute approximate surface area is 126 Å². The van der Waals surface area contributed by atoms with Crippen LogP contribution in [0.1, 0.15) is 32.4 Å². The number of carbonyl (C=O) groups is 1. The monoisotopic (exact) mass is 321 g/mol. The van der Waals surface area contributed by atoms with Gasteiger partial charge in [-0.25, -0.2) is 4.79 Å². The Morgan fingerprint density at radius 3 is 2.32 bits per heavy atom. The topological polar surface area (TPSA) is 67.8 Å². The molecule has 1 aromatic carbocycles. The van der Waals surface area contributed by atoms with E-state index in [4.69, 9.17) is 9.47 Å². The molecule has 1 amide bonds. The molecule has 8 heteroatoms. The molecule has 0 saturated heterocycles. The number of carbonyl (C=O) groups excluding carboxylic acids is 1. The summed E-state index contributed by atoms with van der Waals surface area (Å²) in [5.41, 5.74) is -1.55. The minimum atomic E-state index is -4.86. The average Bonchev–Trinajstić information content (AvgIpc) is 2.34. The number of aliphatic hydroxyl groups excluding tert-OH is 1. The largest absolute Gasteiger partial charge is 0.497 e. The van der Waals surface area contributed by atoms with Crippen LogP contribution in [0, 0.1) is 0 Å². The van der Waals surface area contributed by atoms with Gasteiger partial charge in [-0.2, -0.15) is 13.2 Å². The molecular formula is C14H18F3NO4. The van der Waals surface area contributed by atoms with Crippen molar-refractivity contribution in [3.63, 3.8) is 0 Å². The van der Waals surface area contributed by atoms with Gasteiger partial charge in [-0.15, -0.1) is 0 Å². The fourth-order valence-electron chi connectivity index (χ4n) is 1.60. The molecule has 0 spiro atoms. The first kappa shape index (κ1) is 18.1. The Morgan fingerprint density at radius 2 is 1.86 bits per heavy atom. The summed E-state index contributed by atoms with van der Waals surface area (Å²) >= 11 is 0. The zero-order chi connectivity index (χ0) is 17.1. The molecule has 2 N–H and O–H groups in total. The molecule has 1 atom stereocenters. The van der Waals surface area contributed by atoms with Gasteiger partial charge in [-0.05, 0) is 26.8 Å². The van der Waals surface area contributed by atoms with E-state index in [1.807, 2.05) is 0 Å². The minimum Gasteiger partial charge on any atom is -0.497 e. The van der Waals surface area contributed by atoms with Crippen LogP contribution >= 0.6 is 0 Å². The maximum Gasteiger partial charge on any atom is 0.418 e. The molecule has 1 aromatic rings. The number of nitrogens with one attached hydrogen (secondary N) is 1. The second-order valence-corrected chi connectivity index (χ2v) is 5.52. The SMILES string of the molecule is COc1ccc([C@H](O)C(F)(F)F)c(NC(=O)OC(C)(C)C)c1. The lowest BCUT2D eigenvalue weighted by atomic mass is 10.1. The highest BCUT2D eigenvalue weighted by molar-refractivity contribution is 5.86. The van der Waals surface area contributed by atoms with Gasteiger partial charge in [0.15, 0.2) is 6.10 Å². The average molecular weight is 321 g/mol. The Balaban J connectivity index is 3.12. The van der Waals surface area contributed by atoms with Gasteiger partial charge < -0.3 is 14.6 Å². The molecule has 1 rings (SSSR count). The molecule has 0 heterocycles. The van der Waals surface area contributed by atoms with Gasteiger partial charge >= 0.3 is 12.3 Å². The molecule has 0 aliphatic heterocycles. The highest BCUT2D eigenvalue weighted by Crippen LogP contribution is 2.37. The van der Waals surface area contributed by atoms with Crippen LogP contribution in [0.25, 0.3) is 0 Å². The normalized spacial score (nSPS) is 13.5. The van der Waals surface area contributed by atoms with E-state index in [2.05, 4.69) is 5.32 Å². The first-order valence-corrected chi connectivity index (χ1v) is 6.37. The smallest absolute Gasteiger partial charge is 0.418 e. The van der Waals surface area contributed by atoms with Crippen LogP contribution in [0.2, 0.25) is 0 Å². The van der Waals surface area contributed by atoms with E-state index < -0.39 is 29.5 Å². The standard InChI is InChI=1S/C14H18F3NO4/c1-13(2,3)22-12(20)18-10-7-8(21-4)5-6-9(10)11(19)14(15,16)17/h5-7,11,19H,1-4H3,(H,18,20)/t11-/m0/s1. The third-order valence-electron chi connectivity index (χ3n) is 2.50. The van der Waals surface area contributed by atoms with E-state index in [-0.39, 0.29) is 11.4 Å². The van der Waals surface area contributed by atoms with Gasteiger partial charge in [0.05, 0.1) is 12.8 Å². The molecule has 5 nitrogen and oxygen atoms in total. The summed E-state index contributed by atoms with van der Waals surface area (Å²) in [7, 11) is 1.33. The lowest BCUT2D eigenvalue weighted by Crippen LogP contribution is -2.28. The second-order valence-electron chi connectivity index (χ2n) is 5.52. The number of aliphatic hydroxyl groups is 1. The molecule has 0 saturated carbocycles. The number of anilines is 1. The predicted octanol–water partition coefficient (Wildman–Crippen LogP) is 3.64. The number of ether oxygens (including phenoxy) is 2. The summed E-state index contributed by atoms with van der Waals surface area (Å²) in [6.45, 7) is 4.84. The first-order chi connectivity index (χ1) is 9.94. The van der Waals surface area contributed by atoms with Crippen molar-refractivity contribution >= 4 is 11.8 Å². The summed E-state index contributed by atoms with van der Waals surface area (Å²) in [6.07, 6.45) is -8.53. The number of alkyl halides is 3. The molecule has 0 radical (unpaired) electrons. The Hall–Kier alpha value is -1.96. The van der Waals surface area contributed by atoms with Crippen LogP contribution in [-0.2, 0) is 4.74 Å². The minimum absolute atomic E-state index is 0.226. The van der Waals surface area contributed by atoms with Crippen molar-refractivity contribution in [2.75, 3.05) is 12.4 Å². The first-order valence-electron chi connectivity index (χ1n) is 6.37. The molecule has 0 aliphatic rings. The van der Waals surface area contributed by atoms with Crippen LogP contribution in [-0.4, -0.2) is 30.1 Å². The Kier molecular flexibility index (Phi) is 5.29. The number of methoxy groups -OCH3 is 1. The third kappa shape index (κ3) is 5.10. The van der Waals surface area contributed by atoms with E-state index in [9.17, 15) is 23.1 Å². The van der Waals surface area contributed by atoms with E-state index in [1.165, 1.54) is 19.2 Å². The number of halogens is 3. The van der Waals surface area contributed by atoms with Gasteiger partial charge in [-0.1, -0.05) is 6.07 Å². The van der Waals surface area contributed by atoms with Crippen LogP contribution in [0.4, 0.5) is 23.7 Å². The summed E-state index contributed by atoms with van der Waals surface area (Å²) < 4.78 is 47.9.